The normalized spacial score (nSPS) is 19.9. The van der Waals surface area contributed by atoms with Crippen molar-refractivity contribution in [1.82, 2.24) is 15.0 Å². The van der Waals surface area contributed by atoms with Gasteiger partial charge in [-0.3, -0.25) is 9.78 Å². The van der Waals surface area contributed by atoms with Gasteiger partial charge in [-0.05, 0) is 25.8 Å². The van der Waals surface area contributed by atoms with Crippen molar-refractivity contribution in [1.29, 1.82) is 0 Å². The van der Waals surface area contributed by atoms with Gasteiger partial charge in [0.1, 0.15) is 11.5 Å². The van der Waals surface area contributed by atoms with Crippen LogP contribution in [0, 0.1) is 17.8 Å². The maximum Gasteiger partial charge on any atom is 0.230 e. The summed E-state index contributed by atoms with van der Waals surface area (Å²) >= 11 is 0. The van der Waals surface area contributed by atoms with Crippen LogP contribution in [0.5, 0.6) is 0 Å². The Balaban J connectivity index is 1.94. The number of pyridine rings is 1. The summed E-state index contributed by atoms with van der Waals surface area (Å²) < 4.78 is 20.1. The third-order valence-corrected chi connectivity index (χ3v) is 3.72. The summed E-state index contributed by atoms with van der Waals surface area (Å²) in [6.45, 7) is 4.95. The molecule has 3 rings (SSSR count). The Hall–Kier alpha value is -2.85. The van der Waals surface area contributed by atoms with Crippen LogP contribution in [0.4, 0.5) is 10.2 Å². The van der Waals surface area contributed by atoms with Crippen LogP contribution in [0.1, 0.15) is 35.5 Å². The topological polar surface area (TPSA) is 68.2 Å². The zero-order valence-corrected chi connectivity index (χ0v) is 13.9. The first-order valence-corrected chi connectivity index (χ1v) is 7.91. The highest BCUT2D eigenvalue weighted by Crippen LogP contribution is 2.23. The highest BCUT2D eigenvalue weighted by atomic mass is 19.1. The van der Waals surface area contributed by atoms with Gasteiger partial charge in [0.15, 0.2) is 6.29 Å². The van der Waals surface area contributed by atoms with Crippen LogP contribution in [0.25, 0.3) is 0 Å². The van der Waals surface area contributed by atoms with E-state index < -0.39 is 5.95 Å². The smallest absolute Gasteiger partial charge is 0.230 e. The van der Waals surface area contributed by atoms with Gasteiger partial charge in [0.25, 0.3) is 0 Å². The number of ether oxygens (including phenoxy) is 1. The van der Waals surface area contributed by atoms with Crippen LogP contribution in [-0.4, -0.2) is 46.5 Å². The van der Waals surface area contributed by atoms with E-state index in [9.17, 15) is 9.18 Å². The predicted molar refractivity (Wildman–Crippen MR) is 89.8 cm³/mol. The molecule has 1 aliphatic heterocycles. The molecule has 2 aromatic rings. The van der Waals surface area contributed by atoms with Crippen molar-refractivity contribution in [2.75, 3.05) is 18.0 Å². The zero-order valence-electron chi connectivity index (χ0n) is 13.9. The molecule has 0 bridgehead atoms. The van der Waals surface area contributed by atoms with E-state index in [0.717, 1.165) is 0 Å². The van der Waals surface area contributed by atoms with E-state index in [-0.39, 0.29) is 17.8 Å². The second kappa shape index (κ2) is 7.36. The van der Waals surface area contributed by atoms with Crippen LogP contribution in [0.3, 0.4) is 0 Å². The van der Waals surface area contributed by atoms with Gasteiger partial charge in [-0.1, -0.05) is 5.92 Å². The maximum atomic E-state index is 14.4. The maximum absolute atomic E-state index is 14.4. The van der Waals surface area contributed by atoms with Crippen molar-refractivity contribution in [2.45, 2.75) is 26.1 Å². The molecular weight excluding hydrogens is 323 g/mol. The Morgan fingerprint density at radius 2 is 2.04 bits per heavy atom. The second-order valence-electron chi connectivity index (χ2n) is 5.86. The Kier molecular flexibility index (Phi) is 5.00. The van der Waals surface area contributed by atoms with Crippen molar-refractivity contribution in [3.05, 3.63) is 47.4 Å². The van der Waals surface area contributed by atoms with E-state index in [1.165, 1.54) is 24.7 Å². The fraction of sp³-hybridized carbons (Fsp3) is 0.333. The molecule has 25 heavy (non-hydrogen) atoms. The fourth-order valence-corrected chi connectivity index (χ4v) is 2.77. The van der Waals surface area contributed by atoms with Gasteiger partial charge in [-0.25, -0.2) is 9.97 Å². The summed E-state index contributed by atoms with van der Waals surface area (Å²) in [7, 11) is 0. The first kappa shape index (κ1) is 17.0. The Morgan fingerprint density at radius 1 is 1.28 bits per heavy atom. The minimum absolute atomic E-state index is 0.0239. The van der Waals surface area contributed by atoms with Gasteiger partial charge in [0.2, 0.25) is 5.95 Å². The molecule has 0 radical (unpaired) electrons. The molecule has 0 spiro atoms. The monoisotopic (exact) mass is 340 g/mol. The lowest BCUT2D eigenvalue weighted by Gasteiger charge is -2.36. The molecule has 0 unspecified atom stereocenters. The highest BCUT2D eigenvalue weighted by molar-refractivity contribution is 5.83. The van der Waals surface area contributed by atoms with E-state index in [1.54, 1.807) is 0 Å². The number of rotatable bonds is 2. The molecule has 2 aromatic heterocycles. The largest absolute Gasteiger partial charge is 0.372 e. The average molecular weight is 340 g/mol. The van der Waals surface area contributed by atoms with Crippen molar-refractivity contribution >= 4 is 12.1 Å². The summed E-state index contributed by atoms with van der Waals surface area (Å²) in [5.41, 5.74) is 0.756. The fourth-order valence-electron chi connectivity index (χ4n) is 2.77. The van der Waals surface area contributed by atoms with Gasteiger partial charge in [0, 0.05) is 25.5 Å². The molecule has 0 aromatic carbocycles. The van der Waals surface area contributed by atoms with Gasteiger partial charge >= 0.3 is 0 Å². The third kappa shape index (κ3) is 3.98. The molecule has 0 aliphatic carbocycles. The summed E-state index contributed by atoms with van der Waals surface area (Å²) in [6, 6.07) is 1.42. The molecule has 2 atom stereocenters. The number of morpholine rings is 1. The molecule has 3 heterocycles. The second-order valence-corrected chi connectivity index (χ2v) is 5.86. The minimum Gasteiger partial charge on any atom is -0.372 e. The standard InChI is InChI=1S/C18H17FN4O2/c1-12-9-23(10-13(2)25-12)18-15(11-24)7-14(17(19)22-18)3-4-16-8-20-5-6-21-16/h5-8,11-13H,9-10H2,1-2H3/t12-,13+. The van der Waals surface area contributed by atoms with Gasteiger partial charge < -0.3 is 9.64 Å². The molecular formula is C18H17FN4O2. The van der Waals surface area contributed by atoms with Gasteiger partial charge in [0.05, 0.1) is 29.5 Å². The molecule has 0 N–H and O–H groups in total. The Labute approximate surface area is 145 Å². The molecule has 1 saturated heterocycles. The highest BCUT2D eigenvalue weighted by Gasteiger charge is 2.25. The number of anilines is 1. The lowest BCUT2D eigenvalue weighted by molar-refractivity contribution is -0.00554. The van der Waals surface area contributed by atoms with Gasteiger partial charge in [-0.15, -0.1) is 0 Å². The van der Waals surface area contributed by atoms with E-state index >= 15 is 0 Å². The van der Waals surface area contributed by atoms with Crippen molar-refractivity contribution in [3.63, 3.8) is 0 Å². The number of aldehydes is 1. The van der Waals surface area contributed by atoms with Gasteiger partial charge in [-0.2, -0.15) is 4.39 Å². The van der Waals surface area contributed by atoms with Crippen LogP contribution in [-0.2, 0) is 4.74 Å². The lowest BCUT2D eigenvalue weighted by atomic mass is 10.1. The minimum atomic E-state index is -0.719. The van der Waals surface area contributed by atoms with E-state index in [2.05, 4.69) is 26.8 Å². The summed E-state index contributed by atoms with van der Waals surface area (Å²) in [5, 5.41) is 0. The number of hydrogen-bond acceptors (Lipinski definition) is 6. The van der Waals surface area contributed by atoms with Crippen molar-refractivity contribution in [2.24, 2.45) is 0 Å². The van der Waals surface area contributed by atoms with Crippen LogP contribution in [0.15, 0.2) is 24.7 Å². The summed E-state index contributed by atoms with van der Waals surface area (Å²) in [5.74, 6) is 4.97. The molecule has 0 amide bonds. The van der Waals surface area contributed by atoms with E-state index in [0.29, 0.717) is 36.5 Å². The first-order chi connectivity index (χ1) is 12.1. The van der Waals surface area contributed by atoms with Crippen LogP contribution >= 0.6 is 0 Å². The molecule has 1 aliphatic rings. The number of hydrogen-bond donors (Lipinski definition) is 0. The first-order valence-electron chi connectivity index (χ1n) is 7.91. The zero-order chi connectivity index (χ0) is 17.8. The number of carbonyl (C=O) groups excluding carboxylic acids is 1. The quantitative estimate of drug-likeness (QED) is 0.472. The van der Waals surface area contributed by atoms with Crippen LogP contribution < -0.4 is 4.90 Å². The van der Waals surface area contributed by atoms with Crippen molar-refractivity contribution in [3.8, 4) is 11.8 Å². The third-order valence-electron chi connectivity index (χ3n) is 3.72. The SMILES string of the molecule is C[C@@H]1CN(c2nc(F)c(C#Cc3cnccn3)cc2C=O)C[C@H](C)O1. The molecule has 7 heteroatoms. The van der Waals surface area contributed by atoms with Crippen LogP contribution in [0.2, 0.25) is 0 Å². The number of halogens is 1. The van der Waals surface area contributed by atoms with E-state index in [4.69, 9.17) is 4.74 Å². The van der Waals surface area contributed by atoms with Crippen molar-refractivity contribution < 1.29 is 13.9 Å². The average Bonchev–Trinajstić information content (AvgIpc) is 2.60. The number of carbonyl (C=O) groups is 1. The predicted octanol–water partition coefficient (Wildman–Crippen LogP) is 1.84. The molecule has 0 saturated carbocycles. The Bertz CT molecular complexity index is 822. The Morgan fingerprint density at radius 3 is 2.68 bits per heavy atom. The number of nitrogens with zero attached hydrogens (tertiary/aromatic N) is 4. The summed E-state index contributed by atoms with van der Waals surface area (Å²) in [4.78, 5) is 25.2. The molecule has 1 fully saturated rings. The molecule has 128 valence electrons. The molecule has 6 nitrogen and oxygen atoms in total. The number of aromatic nitrogens is 3. The lowest BCUT2D eigenvalue weighted by Crippen LogP contribution is -2.46. The van der Waals surface area contributed by atoms with E-state index in [1.807, 2.05) is 18.7 Å². The summed E-state index contributed by atoms with van der Waals surface area (Å²) in [6.07, 6.45) is 5.12.